The Kier molecular flexibility index (Phi) is 5.70. The highest BCUT2D eigenvalue weighted by molar-refractivity contribution is 5.81. The zero-order valence-corrected chi connectivity index (χ0v) is 18.1. The van der Waals surface area contributed by atoms with Crippen LogP contribution in [0.5, 0.6) is 0 Å². The third-order valence-corrected chi connectivity index (χ3v) is 5.68. The second-order valence-electron chi connectivity index (χ2n) is 7.79. The summed E-state index contributed by atoms with van der Waals surface area (Å²) in [7, 11) is 0. The van der Waals surface area contributed by atoms with Crippen molar-refractivity contribution in [2.45, 2.75) is 0 Å². The lowest BCUT2D eigenvalue weighted by molar-refractivity contribution is 1.28. The number of hydrogen-bond donors (Lipinski definition) is 0. The van der Waals surface area contributed by atoms with E-state index in [4.69, 9.17) is 6.57 Å². The van der Waals surface area contributed by atoms with E-state index in [-0.39, 0.29) is 0 Å². The zero-order chi connectivity index (χ0) is 22.5. The van der Waals surface area contributed by atoms with Gasteiger partial charge in [-0.15, -0.1) is 0 Å². The van der Waals surface area contributed by atoms with Crippen molar-refractivity contribution in [1.29, 1.82) is 0 Å². The van der Waals surface area contributed by atoms with E-state index in [0.29, 0.717) is 5.69 Å². The van der Waals surface area contributed by atoms with Crippen molar-refractivity contribution in [3.05, 3.63) is 145 Å². The van der Waals surface area contributed by atoms with Crippen LogP contribution in [0.2, 0.25) is 0 Å². The van der Waals surface area contributed by atoms with Gasteiger partial charge in [0.2, 0.25) is 0 Å². The van der Waals surface area contributed by atoms with Crippen molar-refractivity contribution in [3.63, 3.8) is 0 Å². The summed E-state index contributed by atoms with van der Waals surface area (Å²) < 4.78 is 0. The molecule has 0 aliphatic heterocycles. The maximum Gasteiger partial charge on any atom is 0.189 e. The molecule has 2 heteroatoms. The van der Waals surface area contributed by atoms with Crippen LogP contribution in [-0.2, 0) is 0 Å². The Morgan fingerprint density at radius 3 is 1.33 bits per heavy atom. The fraction of sp³-hybridized carbons (Fsp3) is 0. The van der Waals surface area contributed by atoms with Gasteiger partial charge in [0, 0.05) is 17.1 Å². The number of anilines is 3. The van der Waals surface area contributed by atoms with Gasteiger partial charge in [-0.05, 0) is 58.7 Å². The van der Waals surface area contributed by atoms with Crippen molar-refractivity contribution in [2.24, 2.45) is 0 Å². The van der Waals surface area contributed by atoms with Gasteiger partial charge in [-0.25, -0.2) is 4.85 Å². The predicted molar refractivity (Wildman–Crippen MR) is 138 cm³/mol. The Hall–Kier alpha value is -4.61. The molecule has 0 saturated heterocycles. The highest BCUT2D eigenvalue weighted by atomic mass is 15.1. The summed E-state index contributed by atoms with van der Waals surface area (Å²) in [4.78, 5) is 5.82. The number of hydrogen-bond acceptors (Lipinski definition) is 1. The Balaban J connectivity index is 1.56. The Labute approximate surface area is 194 Å². The van der Waals surface area contributed by atoms with Gasteiger partial charge in [0.25, 0.3) is 0 Å². The highest BCUT2D eigenvalue weighted by Crippen LogP contribution is 2.37. The van der Waals surface area contributed by atoms with Crippen LogP contribution in [0, 0.1) is 6.57 Å². The average molecular weight is 423 g/mol. The first-order chi connectivity index (χ1) is 16.3. The van der Waals surface area contributed by atoms with Gasteiger partial charge in [-0.2, -0.15) is 0 Å². The van der Waals surface area contributed by atoms with Crippen LogP contribution < -0.4 is 4.90 Å². The van der Waals surface area contributed by atoms with E-state index in [1.54, 1.807) is 0 Å². The molecule has 0 saturated carbocycles. The van der Waals surface area contributed by atoms with Gasteiger partial charge in [-0.3, -0.25) is 0 Å². The van der Waals surface area contributed by atoms with Gasteiger partial charge < -0.3 is 4.90 Å². The molecule has 2 nitrogen and oxygen atoms in total. The normalized spacial score (nSPS) is 10.4. The minimum absolute atomic E-state index is 0.624. The third-order valence-electron chi connectivity index (χ3n) is 5.68. The second kappa shape index (κ2) is 9.26. The van der Waals surface area contributed by atoms with E-state index >= 15 is 0 Å². The first kappa shape index (κ1) is 20.3. The van der Waals surface area contributed by atoms with Crippen LogP contribution in [0.4, 0.5) is 22.7 Å². The summed E-state index contributed by atoms with van der Waals surface area (Å²) in [6, 6.07) is 45.7. The van der Waals surface area contributed by atoms with Crippen LogP contribution in [0.25, 0.3) is 27.1 Å². The van der Waals surface area contributed by atoms with Crippen LogP contribution in [0.3, 0.4) is 0 Å². The van der Waals surface area contributed by atoms with E-state index in [1.165, 1.54) is 22.3 Å². The highest BCUT2D eigenvalue weighted by Gasteiger charge is 2.13. The Bertz CT molecular complexity index is 1300. The lowest BCUT2D eigenvalue weighted by Crippen LogP contribution is -2.09. The molecule has 0 aliphatic carbocycles. The van der Waals surface area contributed by atoms with E-state index in [0.717, 1.165) is 17.1 Å². The Morgan fingerprint density at radius 1 is 0.424 bits per heavy atom. The number of rotatable bonds is 5. The SMILES string of the molecule is [C-]#[N+]c1cccc(N(c2ccc(-c3ccccc3)cc2)c2ccc(-c3ccccc3)cc2)c1. The molecule has 0 unspecified atom stereocenters. The topological polar surface area (TPSA) is 7.60 Å². The van der Waals surface area contributed by atoms with Crippen LogP contribution in [-0.4, -0.2) is 0 Å². The third kappa shape index (κ3) is 4.39. The zero-order valence-electron chi connectivity index (χ0n) is 18.1. The van der Waals surface area contributed by atoms with Gasteiger partial charge in [0.1, 0.15) is 0 Å². The summed E-state index contributed by atoms with van der Waals surface area (Å²) in [6.07, 6.45) is 0. The van der Waals surface area contributed by atoms with Crippen molar-refractivity contribution < 1.29 is 0 Å². The largest absolute Gasteiger partial charge is 0.312 e. The Morgan fingerprint density at radius 2 is 0.879 bits per heavy atom. The molecule has 33 heavy (non-hydrogen) atoms. The average Bonchev–Trinajstić information content (AvgIpc) is 2.91. The molecule has 0 atom stereocenters. The molecule has 5 aromatic rings. The molecule has 5 rings (SSSR count). The first-order valence-corrected chi connectivity index (χ1v) is 10.9. The maximum atomic E-state index is 7.44. The lowest BCUT2D eigenvalue weighted by atomic mass is 10.0. The molecule has 0 spiro atoms. The molecule has 0 N–H and O–H groups in total. The quantitative estimate of drug-likeness (QED) is 0.256. The molecule has 0 fully saturated rings. The van der Waals surface area contributed by atoms with Crippen molar-refractivity contribution in [2.75, 3.05) is 4.90 Å². The molecule has 0 amide bonds. The molecular formula is C31H22N2. The van der Waals surface area contributed by atoms with Gasteiger partial charge in [0.15, 0.2) is 5.69 Å². The summed E-state index contributed by atoms with van der Waals surface area (Å²) in [5.74, 6) is 0. The van der Waals surface area contributed by atoms with Crippen LogP contribution in [0.1, 0.15) is 0 Å². The van der Waals surface area contributed by atoms with E-state index in [1.807, 2.05) is 36.4 Å². The number of benzene rings is 5. The molecule has 0 aliphatic rings. The van der Waals surface area contributed by atoms with Gasteiger partial charge in [0.05, 0.1) is 6.57 Å². The number of nitrogens with zero attached hydrogens (tertiary/aromatic N) is 2. The van der Waals surface area contributed by atoms with Crippen molar-refractivity contribution in [1.82, 2.24) is 0 Å². The van der Waals surface area contributed by atoms with Crippen LogP contribution in [0.15, 0.2) is 133 Å². The summed E-state index contributed by atoms with van der Waals surface area (Å²) in [6.45, 7) is 7.44. The summed E-state index contributed by atoms with van der Waals surface area (Å²) >= 11 is 0. The fourth-order valence-electron chi connectivity index (χ4n) is 4.02. The second-order valence-corrected chi connectivity index (χ2v) is 7.79. The minimum Gasteiger partial charge on any atom is -0.312 e. The molecular weight excluding hydrogens is 400 g/mol. The minimum atomic E-state index is 0.624. The van der Waals surface area contributed by atoms with Crippen molar-refractivity contribution in [3.8, 4) is 22.3 Å². The molecule has 0 aromatic heterocycles. The van der Waals surface area contributed by atoms with Crippen molar-refractivity contribution >= 4 is 22.7 Å². The fourth-order valence-corrected chi connectivity index (χ4v) is 4.02. The first-order valence-electron chi connectivity index (χ1n) is 10.9. The summed E-state index contributed by atoms with van der Waals surface area (Å²) in [5, 5.41) is 0. The predicted octanol–water partition coefficient (Wildman–Crippen LogP) is 9.04. The van der Waals surface area contributed by atoms with E-state index in [9.17, 15) is 0 Å². The smallest absolute Gasteiger partial charge is 0.189 e. The molecule has 0 radical (unpaired) electrons. The monoisotopic (exact) mass is 422 g/mol. The van der Waals surface area contributed by atoms with Gasteiger partial charge >= 0.3 is 0 Å². The molecule has 156 valence electrons. The van der Waals surface area contributed by atoms with Gasteiger partial charge in [-0.1, -0.05) is 97.1 Å². The molecule has 0 heterocycles. The standard InChI is InChI=1S/C31H22N2/c1-32-28-13-8-14-31(23-28)33(29-19-15-26(16-20-29)24-9-4-2-5-10-24)30-21-17-27(18-22-30)25-11-6-3-7-12-25/h2-23H. The maximum absolute atomic E-state index is 7.44. The lowest BCUT2D eigenvalue weighted by Gasteiger charge is -2.26. The van der Waals surface area contributed by atoms with E-state index in [2.05, 4.69) is 107 Å². The molecule has 5 aromatic carbocycles. The van der Waals surface area contributed by atoms with Crippen LogP contribution >= 0.6 is 0 Å². The summed E-state index contributed by atoms with van der Waals surface area (Å²) in [5.41, 5.74) is 8.41. The molecule has 0 bridgehead atoms. The van der Waals surface area contributed by atoms with E-state index < -0.39 is 0 Å².